The minimum atomic E-state index is -0.977. The van der Waals surface area contributed by atoms with Gasteiger partial charge in [0.05, 0.1) is 6.42 Å². The summed E-state index contributed by atoms with van der Waals surface area (Å²) < 4.78 is 25.1. The van der Waals surface area contributed by atoms with Crippen LogP contribution in [0.5, 0.6) is 0 Å². The average Bonchev–Trinajstić information content (AvgIpc) is 2.31. The van der Waals surface area contributed by atoms with Crippen molar-refractivity contribution in [3.8, 4) is 0 Å². The van der Waals surface area contributed by atoms with Gasteiger partial charge in [0, 0.05) is 9.83 Å². The Morgan fingerprint density at radius 1 is 1.47 bits per heavy atom. The Morgan fingerprint density at radius 3 is 2.82 bits per heavy atom. The highest BCUT2D eigenvalue weighted by Gasteiger charge is 2.09. The number of halogens is 2. The molecule has 0 spiro atoms. The van der Waals surface area contributed by atoms with Gasteiger partial charge >= 0.3 is 5.97 Å². The van der Waals surface area contributed by atoms with Crippen LogP contribution < -0.4 is 5.30 Å². The summed E-state index contributed by atoms with van der Waals surface area (Å²) in [7, 11) is 2.31. The van der Waals surface area contributed by atoms with E-state index in [1.807, 2.05) is 0 Å². The van der Waals surface area contributed by atoms with Gasteiger partial charge in [0.15, 0.2) is 0 Å². The number of aryl methyl sites for hydroxylation is 1. The van der Waals surface area contributed by atoms with Gasteiger partial charge in [0.1, 0.15) is 5.82 Å². The lowest BCUT2D eigenvalue weighted by atomic mass is 10.0. The van der Waals surface area contributed by atoms with Crippen molar-refractivity contribution in [1.82, 2.24) is 0 Å². The lowest BCUT2D eigenvalue weighted by molar-refractivity contribution is -0.182. The third-order valence-corrected chi connectivity index (χ3v) is 2.78. The predicted octanol–water partition coefficient (Wildman–Crippen LogP) is 2.63. The molecule has 5 heteroatoms. The molecule has 0 bridgehead atoms. The molecule has 0 fully saturated rings. The predicted molar refractivity (Wildman–Crippen MR) is 65.0 cm³/mol. The normalized spacial score (nSPS) is 10.1. The topological polar surface area (TPSA) is 26.3 Å². The third-order valence-electron chi connectivity index (χ3n) is 2.34. The van der Waals surface area contributed by atoms with E-state index in [-0.39, 0.29) is 12.2 Å². The van der Waals surface area contributed by atoms with Gasteiger partial charge in [0.2, 0.25) is 0 Å². The van der Waals surface area contributed by atoms with Crippen LogP contribution >= 0.6 is 9.24 Å². The molecule has 0 aliphatic heterocycles. The molecule has 1 aromatic carbocycles. The van der Waals surface area contributed by atoms with Gasteiger partial charge < -0.3 is 0 Å². The van der Waals surface area contributed by atoms with Crippen LogP contribution in [0.1, 0.15) is 18.4 Å². The summed E-state index contributed by atoms with van der Waals surface area (Å²) in [5, 5.41) is 0.497. The molecule has 0 aliphatic rings. The lowest BCUT2D eigenvalue weighted by Gasteiger charge is -2.06. The van der Waals surface area contributed by atoms with Crippen molar-refractivity contribution in [3.05, 3.63) is 41.7 Å². The molecule has 1 unspecified atom stereocenters. The van der Waals surface area contributed by atoms with E-state index < -0.39 is 5.97 Å². The number of benzene rings is 1. The Balaban J connectivity index is 2.53. The maximum absolute atomic E-state index is 13.6. The van der Waals surface area contributed by atoms with Crippen LogP contribution in [0.15, 0.2) is 30.4 Å². The number of hydrogen-bond acceptors (Lipinski definition) is 2. The first-order valence-corrected chi connectivity index (χ1v) is 5.63. The third kappa shape index (κ3) is 4.23. The smallest absolute Gasteiger partial charge is 0.255 e. The van der Waals surface area contributed by atoms with Gasteiger partial charge in [-0.3, -0.25) is 4.94 Å². The van der Waals surface area contributed by atoms with Gasteiger partial charge in [-0.05, 0) is 18.4 Å². The van der Waals surface area contributed by atoms with E-state index in [4.69, 9.17) is 0 Å². The monoisotopic (exact) mass is 258 g/mol. The Hall–Kier alpha value is -1.28. The molecule has 2 nitrogen and oxygen atoms in total. The number of carbonyl (C=O) groups is 1. The largest absolute Gasteiger partial charge is 0.352 e. The molecule has 92 valence electrons. The Kier molecular flexibility index (Phi) is 5.23. The van der Waals surface area contributed by atoms with Gasteiger partial charge in [-0.2, -0.15) is 0 Å². The number of rotatable bonds is 5. The highest BCUT2D eigenvalue weighted by Crippen LogP contribution is 2.14. The van der Waals surface area contributed by atoms with Crippen molar-refractivity contribution in [2.75, 3.05) is 0 Å². The molecule has 0 amide bonds. The molecule has 0 radical (unpaired) electrons. The standard InChI is InChI=1S/C12H13F2O2P/c1-8(7-11(15)16-14)5-6-9-3-2-4-10(17)12(9)13/h2-4H,1,5-7,17H2. The van der Waals surface area contributed by atoms with Crippen LogP contribution in [-0.2, 0) is 16.2 Å². The van der Waals surface area contributed by atoms with E-state index in [9.17, 15) is 13.7 Å². The zero-order valence-corrected chi connectivity index (χ0v) is 10.4. The second-order valence-electron chi connectivity index (χ2n) is 3.70. The highest BCUT2D eigenvalue weighted by molar-refractivity contribution is 7.27. The molecule has 0 heterocycles. The summed E-state index contributed by atoms with van der Waals surface area (Å²) in [5.41, 5.74) is 1.06. The lowest BCUT2D eigenvalue weighted by Crippen LogP contribution is -2.04. The van der Waals surface area contributed by atoms with E-state index in [2.05, 4.69) is 20.8 Å². The fourth-order valence-electron chi connectivity index (χ4n) is 1.42. The molecule has 0 saturated heterocycles. The maximum Gasteiger partial charge on any atom is 0.352 e. The van der Waals surface area contributed by atoms with Crippen molar-refractivity contribution in [1.29, 1.82) is 0 Å². The van der Waals surface area contributed by atoms with Gasteiger partial charge in [0.25, 0.3) is 0 Å². The van der Waals surface area contributed by atoms with Crippen molar-refractivity contribution >= 4 is 20.5 Å². The Morgan fingerprint density at radius 2 is 2.18 bits per heavy atom. The first kappa shape index (κ1) is 13.8. The first-order valence-electron chi connectivity index (χ1n) is 5.05. The number of hydrogen-bond donors (Lipinski definition) is 0. The summed E-state index contributed by atoms with van der Waals surface area (Å²) in [6, 6.07) is 5.07. The van der Waals surface area contributed by atoms with E-state index in [0.717, 1.165) is 0 Å². The summed E-state index contributed by atoms with van der Waals surface area (Å²) in [5.74, 6) is -1.26. The van der Waals surface area contributed by atoms with Crippen molar-refractivity contribution in [3.63, 3.8) is 0 Å². The molecule has 1 aromatic rings. The minimum Gasteiger partial charge on any atom is -0.255 e. The van der Waals surface area contributed by atoms with Crippen LogP contribution in [0, 0.1) is 5.82 Å². The first-order chi connectivity index (χ1) is 8.04. The van der Waals surface area contributed by atoms with Crippen LogP contribution in [0.2, 0.25) is 0 Å². The fraction of sp³-hybridized carbons (Fsp3) is 0.250. The summed E-state index contributed by atoms with van der Waals surface area (Å²) >= 11 is 0. The maximum atomic E-state index is 13.6. The molecular weight excluding hydrogens is 245 g/mol. The zero-order chi connectivity index (χ0) is 12.8. The fourth-order valence-corrected chi connectivity index (χ4v) is 1.72. The molecule has 0 saturated carbocycles. The second-order valence-corrected chi connectivity index (χ2v) is 4.32. The van der Waals surface area contributed by atoms with Gasteiger partial charge in [-0.15, -0.1) is 9.24 Å². The molecule has 1 rings (SSSR count). The van der Waals surface area contributed by atoms with Crippen LogP contribution in [0.3, 0.4) is 0 Å². The van der Waals surface area contributed by atoms with Gasteiger partial charge in [-0.25, -0.2) is 9.18 Å². The Bertz CT molecular complexity index is 433. The van der Waals surface area contributed by atoms with Crippen molar-refractivity contribution in [2.45, 2.75) is 19.3 Å². The number of carbonyl (C=O) groups excluding carboxylic acids is 1. The van der Waals surface area contributed by atoms with E-state index in [0.29, 0.717) is 29.3 Å². The average molecular weight is 258 g/mol. The van der Waals surface area contributed by atoms with Crippen molar-refractivity contribution in [2.24, 2.45) is 0 Å². The molecule has 1 atom stereocenters. The highest BCUT2D eigenvalue weighted by atomic mass is 31.0. The molecule has 0 aromatic heterocycles. The SMILES string of the molecule is C=C(CCc1cccc(P)c1F)CC(=O)OF. The van der Waals surface area contributed by atoms with Crippen molar-refractivity contribution < 1.29 is 18.7 Å². The molecular formula is C12H13F2O2P. The van der Waals surface area contributed by atoms with E-state index >= 15 is 0 Å². The van der Waals surface area contributed by atoms with Crippen LogP contribution in [0.4, 0.5) is 8.92 Å². The molecule has 0 aliphatic carbocycles. The van der Waals surface area contributed by atoms with E-state index in [1.54, 1.807) is 18.2 Å². The quantitative estimate of drug-likeness (QED) is 0.599. The summed E-state index contributed by atoms with van der Waals surface area (Å²) in [4.78, 5) is 13.7. The minimum absolute atomic E-state index is 0.182. The van der Waals surface area contributed by atoms with Gasteiger partial charge in [-0.1, -0.05) is 30.4 Å². The Labute approximate surface area is 101 Å². The van der Waals surface area contributed by atoms with E-state index in [1.165, 1.54) is 0 Å². The van der Waals surface area contributed by atoms with Crippen LogP contribution in [-0.4, -0.2) is 5.97 Å². The summed E-state index contributed by atoms with van der Waals surface area (Å²) in [6.45, 7) is 3.61. The second kappa shape index (κ2) is 6.45. The summed E-state index contributed by atoms with van der Waals surface area (Å²) in [6.07, 6.45) is 0.658. The molecule has 0 N–H and O–H groups in total. The van der Waals surface area contributed by atoms with Crippen LogP contribution in [0.25, 0.3) is 0 Å². The zero-order valence-electron chi connectivity index (χ0n) is 9.21. The molecule has 17 heavy (non-hydrogen) atoms.